The van der Waals surface area contributed by atoms with Gasteiger partial charge in [0.25, 0.3) is 0 Å². The number of carboxylic acids is 1. The summed E-state index contributed by atoms with van der Waals surface area (Å²) in [6.45, 7) is 4.99. The molecular weight excluding hydrogens is 455 g/mol. The van der Waals surface area contributed by atoms with Gasteiger partial charge >= 0.3 is 12.1 Å². The third-order valence-corrected chi connectivity index (χ3v) is 5.22. The van der Waals surface area contributed by atoms with Crippen LogP contribution in [-0.4, -0.2) is 27.2 Å². The van der Waals surface area contributed by atoms with Crippen molar-refractivity contribution in [2.24, 2.45) is 11.7 Å². The Morgan fingerprint density at radius 1 is 1.00 bits per heavy atom. The summed E-state index contributed by atoms with van der Waals surface area (Å²) in [5.41, 5.74) is 13.4. The van der Waals surface area contributed by atoms with Gasteiger partial charge in [0.15, 0.2) is 0 Å². The molecule has 0 bridgehead atoms. The second-order valence-electron chi connectivity index (χ2n) is 8.38. The molecule has 0 aliphatic rings. The topological polar surface area (TPSA) is 89.1 Å². The molecule has 0 fully saturated rings. The summed E-state index contributed by atoms with van der Waals surface area (Å²) in [4.78, 5) is 18.6. The number of carboxylic acid groups (broad SMARTS) is 1. The molecule has 0 amide bonds. The first-order valence-electron chi connectivity index (χ1n) is 11.0. The Labute approximate surface area is 201 Å². The zero-order chi connectivity index (χ0) is 25.6. The highest BCUT2D eigenvalue weighted by Gasteiger charge is 2.38. The number of nitrogens with zero attached hydrogens (tertiary/aromatic N) is 2. The number of halogens is 3. The number of nitrogens with two attached hydrogens (primary N) is 1. The monoisotopic (exact) mass is 481 g/mol. The lowest BCUT2D eigenvalue weighted by Crippen LogP contribution is -2.21. The number of carbonyl (C=O) groups is 1. The summed E-state index contributed by atoms with van der Waals surface area (Å²) < 4.78 is 31.7. The van der Waals surface area contributed by atoms with Gasteiger partial charge in [0.05, 0.1) is 11.2 Å². The third kappa shape index (κ3) is 6.64. The Kier molecular flexibility index (Phi) is 8.19. The number of aromatic nitrogens is 2. The van der Waals surface area contributed by atoms with Crippen LogP contribution in [0.25, 0.3) is 33.3 Å². The smallest absolute Gasteiger partial charge is 0.475 e. The summed E-state index contributed by atoms with van der Waals surface area (Å²) in [6, 6.07) is 23.1. The van der Waals surface area contributed by atoms with E-state index in [2.05, 4.69) is 73.4 Å². The zero-order valence-corrected chi connectivity index (χ0v) is 19.4. The van der Waals surface area contributed by atoms with E-state index in [9.17, 15) is 13.2 Å². The van der Waals surface area contributed by atoms with E-state index in [0.717, 1.165) is 51.0 Å². The standard InChI is InChI=1S/C25H25N3.C2HF3O2/c1-17(2)14-24-22-15-21(19-6-4-3-5-7-19)25(28-23(22)12-13-27-24)20-10-8-18(16-26)9-11-20;3-2(4,5)1(6)7/h3-13,15,17H,14,16,26H2,1-2H3;(H,6,7). The number of benzene rings is 2. The molecule has 2 heterocycles. The van der Waals surface area contributed by atoms with Crippen LogP contribution < -0.4 is 5.73 Å². The molecule has 182 valence electrons. The summed E-state index contributed by atoms with van der Waals surface area (Å²) in [5, 5.41) is 8.26. The number of hydrogen-bond donors (Lipinski definition) is 2. The van der Waals surface area contributed by atoms with Gasteiger partial charge in [-0.2, -0.15) is 13.2 Å². The molecule has 8 heteroatoms. The molecule has 0 saturated heterocycles. The molecule has 0 aliphatic carbocycles. The summed E-state index contributed by atoms with van der Waals surface area (Å²) >= 11 is 0. The molecule has 4 rings (SSSR count). The second kappa shape index (κ2) is 11.1. The normalized spacial score (nSPS) is 11.3. The molecule has 0 atom stereocenters. The SMILES string of the molecule is CC(C)Cc1nccc2nc(-c3ccc(CN)cc3)c(-c3ccccc3)cc12.O=C(O)C(F)(F)F. The minimum Gasteiger partial charge on any atom is -0.475 e. The fourth-order valence-electron chi connectivity index (χ4n) is 3.56. The van der Waals surface area contributed by atoms with E-state index in [1.54, 1.807) is 0 Å². The molecule has 0 saturated carbocycles. The lowest BCUT2D eigenvalue weighted by molar-refractivity contribution is -0.192. The van der Waals surface area contributed by atoms with E-state index in [4.69, 9.17) is 20.6 Å². The second-order valence-corrected chi connectivity index (χ2v) is 8.38. The van der Waals surface area contributed by atoms with Crippen LogP contribution >= 0.6 is 0 Å². The van der Waals surface area contributed by atoms with Gasteiger partial charge in [0.1, 0.15) is 0 Å². The molecule has 0 spiro atoms. The largest absolute Gasteiger partial charge is 0.490 e. The average molecular weight is 482 g/mol. The highest BCUT2D eigenvalue weighted by molar-refractivity contribution is 5.92. The maximum atomic E-state index is 10.6. The molecule has 0 unspecified atom stereocenters. The number of alkyl halides is 3. The van der Waals surface area contributed by atoms with Crippen molar-refractivity contribution in [2.75, 3.05) is 0 Å². The predicted octanol–water partition coefficient (Wildman–Crippen LogP) is 6.25. The van der Waals surface area contributed by atoms with Gasteiger partial charge in [0, 0.05) is 34.9 Å². The highest BCUT2D eigenvalue weighted by atomic mass is 19.4. The quantitative estimate of drug-likeness (QED) is 0.352. The van der Waals surface area contributed by atoms with E-state index in [0.29, 0.717) is 12.5 Å². The van der Waals surface area contributed by atoms with E-state index in [1.165, 1.54) is 0 Å². The molecule has 0 aliphatic heterocycles. The maximum Gasteiger partial charge on any atom is 0.490 e. The molecule has 0 radical (unpaired) electrons. The minimum atomic E-state index is -5.08. The van der Waals surface area contributed by atoms with Crippen molar-refractivity contribution in [1.82, 2.24) is 9.97 Å². The van der Waals surface area contributed by atoms with Gasteiger partial charge in [-0.05, 0) is 35.6 Å². The van der Waals surface area contributed by atoms with Gasteiger partial charge in [-0.25, -0.2) is 9.78 Å². The highest BCUT2D eigenvalue weighted by Crippen LogP contribution is 2.34. The molecule has 3 N–H and O–H groups in total. The Bertz CT molecular complexity index is 1290. The third-order valence-electron chi connectivity index (χ3n) is 5.22. The average Bonchev–Trinajstić information content (AvgIpc) is 2.83. The van der Waals surface area contributed by atoms with Crippen LogP contribution in [0.5, 0.6) is 0 Å². The molecule has 5 nitrogen and oxygen atoms in total. The van der Waals surface area contributed by atoms with Crippen molar-refractivity contribution < 1.29 is 23.1 Å². The van der Waals surface area contributed by atoms with Crippen molar-refractivity contribution in [1.29, 1.82) is 0 Å². The van der Waals surface area contributed by atoms with Gasteiger partial charge in [-0.15, -0.1) is 0 Å². The Hall–Kier alpha value is -3.78. The number of fused-ring (bicyclic) bond motifs is 1. The van der Waals surface area contributed by atoms with E-state index in [1.807, 2.05) is 18.3 Å². The lowest BCUT2D eigenvalue weighted by atomic mass is 9.95. The first kappa shape index (κ1) is 25.8. The fourth-order valence-corrected chi connectivity index (χ4v) is 3.56. The van der Waals surface area contributed by atoms with Crippen LogP contribution in [0, 0.1) is 5.92 Å². The van der Waals surface area contributed by atoms with Crippen molar-refractivity contribution >= 4 is 16.9 Å². The summed E-state index contributed by atoms with van der Waals surface area (Å²) in [7, 11) is 0. The van der Waals surface area contributed by atoms with Crippen LogP contribution in [0.1, 0.15) is 25.1 Å². The molecule has 35 heavy (non-hydrogen) atoms. The van der Waals surface area contributed by atoms with Gasteiger partial charge < -0.3 is 10.8 Å². The molecule has 2 aromatic heterocycles. The van der Waals surface area contributed by atoms with E-state index < -0.39 is 12.1 Å². The summed E-state index contributed by atoms with van der Waals surface area (Å²) in [5.74, 6) is -2.21. The predicted molar refractivity (Wildman–Crippen MR) is 131 cm³/mol. The number of rotatable bonds is 5. The molecular formula is C27H26F3N3O2. The van der Waals surface area contributed by atoms with Crippen molar-refractivity contribution in [3.63, 3.8) is 0 Å². The Morgan fingerprint density at radius 3 is 2.17 bits per heavy atom. The lowest BCUT2D eigenvalue weighted by Gasteiger charge is -2.14. The van der Waals surface area contributed by atoms with Crippen LogP contribution in [0.4, 0.5) is 13.2 Å². The maximum absolute atomic E-state index is 10.6. The number of hydrogen-bond acceptors (Lipinski definition) is 4. The molecule has 2 aromatic carbocycles. The first-order valence-corrected chi connectivity index (χ1v) is 11.0. The van der Waals surface area contributed by atoms with Gasteiger partial charge in [-0.1, -0.05) is 68.4 Å². The Morgan fingerprint density at radius 2 is 1.63 bits per heavy atom. The van der Waals surface area contributed by atoms with Crippen LogP contribution in [-0.2, 0) is 17.8 Å². The summed E-state index contributed by atoms with van der Waals surface area (Å²) in [6.07, 6.45) is -2.27. The van der Waals surface area contributed by atoms with Crippen LogP contribution in [0.2, 0.25) is 0 Å². The minimum absolute atomic E-state index is 0.543. The van der Waals surface area contributed by atoms with E-state index in [-0.39, 0.29) is 0 Å². The van der Waals surface area contributed by atoms with E-state index >= 15 is 0 Å². The van der Waals surface area contributed by atoms with Gasteiger partial charge in [0.2, 0.25) is 0 Å². The first-order chi connectivity index (χ1) is 16.6. The zero-order valence-electron chi connectivity index (χ0n) is 19.4. The molecule has 4 aromatic rings. The van der Waals surface area contributed by atoms with Crippen LogP contribution in [0.3, 0.4) is 0 Å². The van der Waals surface area contributed by atoms with Crippen LogP contribution in [0.15, 0.2) is 72.9 Å². The Balaban J connectivity index is 0.000000429. The van der Waals surface area contributed by atoms with Crippen molar-refractivity contribution in [3.05, 3.63) is 84.2 Å². The van der Waals surface area contributed by atoms with Crippen molar-refractivity contribution in [2.45, 2.75) is 33.0 Å². The van der Waals surface area contributed by atoms with Crippen molar-refractivity contribution in [3.8, 4) is 22.4 Å². The fraction of sp³-hybridized carbons (Fsp3) is 0.222. The van der Waals surface area contributed by atoms with Gasteiger partial charge in [-0.3, -0.25) is 4.98 Å². The number of pyridine rings is 2. The number of aliphatic carboxylic acids is 1.